The van der Waals surface area contributed by atoms with Crippen molar-refractivity contribution in [3.05, 3.63) is 29.6 Å². The van der Waals surface area contributed by atoms with Gasteiger partial charge < -0.3 is 15.7 Å². The van der Waals surface area contributed by atoms with Gasteiger partial charge in [-0.1, -0.05) is 6.92 Å². The second kappa shape index (κ2) is 6.00. The number of nitrogens with two attached hydrogens (primary N) is 1. The number of pyridine rings is 1. The number of amides is 1. The largest absolute Gasteiger partial charge is 0.480 e. The van der Waals surface area contributed by atoms with E-state index in [0.29, 0.717) is 17.8 Å². The fraction of sp³-hybridized carbons (Fsp3) is 0.500. The molecule has 0 saturated carbocycles. The summed E-state index contributed by atoms with van der Waals surface area (Å²) in [4.78, 5) is 29.4. The van der Waals surface area contributed by atoms with E-state index in [0.717, 1.165) is 12.8 Å². The maximum absolute atomic E-state index is 12.5. The molecule has 1 fully saturated rings. The Bertz CT molecular complexity index is 518. The second-order valence-electron chi connectivity index (χ2n) is 5.14. The molecule has 1 aromatic rings. The zero-order chi connectivity index (χ0) is 14.7. The third-order valence-electron chi connectivity index (χ3n) is 3.72. The molecular weight excluding hydrogens is 258 g/mol. The zero-order valence-corrected chi connectivity index (χ0v) is 11.5. The maximum Gasteiger partial charge on any atom is 0.326 e. The molecule has 108 valence electrons. The first-order valence-corrected chi connectivity index (χ1v) is 6.73. The Morgan fingerprint density at radius 1 is 1.55 bits per heavy atom. The topological polar surface area (TPSA) is 96.5 Å². The minimum atomic E-state index is -0.946. The maximum atomic E-state index is 12.5. The van der Waals surface area contributed by atoms with Crippen molar-refractivity contribution in [2.45, 2.75) is 32.4 Å². The number of carboxylic acids is 1. The van der Waals surface area contributed by atoms with Gasteiger partial charge in [0.25, 0.3) is 5.91 Å². The summed E-state index contributed by atoms with van der Waals surface area (Å²) in [5.41, 5.74) is 6.58. The minimum absolute atomic E-state index is 0.0407. The molecule has 0 aromatic carbocycles. The summed E-state index contributed by atoms with van der Waals surface area (Å²) >= 11 is 0. The van der Waals surface area contributed by atoms with Crippen molar-refractivity contribution in [3.8, 4) is 0 Å². The van der Waals surface area contributed by atoms with Crippen LogP contribution in [-0.2, 0) is 11.3 Å². The Morgan fingerprint density at radius 2 is 2.30 bits per heavy atom. The van der Waals surface area contributed by atoms with E-state index in [1.165, 1.54) is 11.1 Å². The molecule has 0 bridgehead atoms. The van der Waals surface area contributed by atoms with E-state index in [4.69, 9.17) is 5.73 Å². The molecule has 0 aliphatic carbocycles. The second-order valence-corrected chi connectivity index (χ2v) is 5.14. The molecule has 1 aliphatic heterocycles. The van der Waals surface area contributed by atoms with E-state index >= 15 is 0 Å². The number of carbonyl (C=O) groups is 2. The molecular formula is C14H19N3O3. The van der Waals surface area contributed by atoms with Gasteiger partial charge in [0.05, 0.1) is 5.69 Å². The Hall–Kier alpha value is -1.95. The first-order valence-electron chi connectivity index (χ1n) is 6.73. The predicted molar refractivity (Wildman–Crippen MR) is 73.0 cm³/mol. The Labute approximate surface area is 117 Å². The third-order valence-corrected chi connectivity index (χ3v) is 3.72. The highest BCUT2D eigenvalue weighted by atomic mass is 16.4. The lowest BCUT2D eigenvalue weighted by Crippen LogP contribution is -2.51. The van der Waals surface area contributed by atoms with Gasteiger partial charge in [0.2, 0.25) is 0 Å². The number of likely N-dealkylation sites (tertiary alicyclic amines) is 1. The fourth-order valence-corrected chi connectivity index (χ4v) is 2.68. The third kappa shape index (κ3) is 2.80. The first kappa shape index (κ1) is 14.5. The summed E-state index contributed by atoms with van der Waals surface area (Å²) < 4.78 is 0. The average Bonchev–Trinajstić information content (AvgIpc) is 2.45. The lowest BCUT2D eigenvalue weighted by molar-refractivity contribution is -0.145. The molecule has 0 spiro atoms. The van der Waals surface area contributed by atoms with Gasteiger partial charge in [-0.05, 0) is 30.9 Å². The van der Waals surface area contributed by atoms with Crippen LogP contribution in [0.25, 0.3) is 0 Å². The van der Waals surface area contributed by atoms with Crippen molar-refractivity contribution in [2.75, 3.05) is 6.54 Å². The highest BCUT2D eigenvalue weighted by molar-refractivity contribution is 5.96. The van der Waals surface area contributed by atoms with Crippen molar-refractivity contribution in [1.29, 1.82) is 0 Å². The Kier molecular flexibility index (Phi) is 4.34. The number of hydrogen-bond acceptors (Lipinski definition) is 4. The van der Waals surface area contributed by atoms with Crippen LogP contribution in [0.5, 0.6) is 0 Å². The van der Waals surface area contributed by atoms with Gasteiger partial charge in [-0.3, -0.25) is 9.78 Å². The van der Waals surface area contributed by atoms with Gasteiger partial charge in [-0.2, -0.15) is 0 Å². The van der Waals surface area contributed by atoms with Crippen molar-refractivity contribution < 1.29 is 14.7 Å². The van der Waals surface area contributed by atoms with E-state index in [9.17, 15) is 14.7 Å². The molecule has 0 radical (unpaired) electrons. The highest BCUT2D eigenvalue weighted by Crippen LogP contribution is 2.25. The van der Waals surface area contributed by atoms with Gasteiger partial charge in [-0.15, -0.1) is 0 Å². The molecule has 1 amide bonds. The number of aliphatic carboxylic acids is 1. The van der Waals surface area contributed by atoms with E-state index in [-0.39, 0.29) is 18.4 Å². The monoisotopic (exact) mass is 277 g/mol. The smallest absolute Gasteiger partial charge is 0.326 e. The number of rotatable bonds is 3. The molecule has 3 N–H and O–H groups in total. The van der Waals surface area contributed by atoms with Crippen molar-refractivity contribution >= 4 is 11.9 Å². The van der Waals surface area contributed by atoms with Crippen molar-refractivity contribution in [2.24, 2.45) is 11.7 Å². The molecule has 20 heavy (non-hydrogen) atoms. The first-order chi connectivity index (χ1) is 9.54. The molecule has 2 heterocycles. The quantitative estimate of drug-likeness (QED) is 0.854. The summed E-state index contributed by atoms with van der Waals surface area (Å²) in [6.07, 6.45) is 3.18. The molecule has 2 atom stereocenters. The lowest BCUT2D eigenvalue weighted by Gasteiger charge is -2.37. The van der Waals surface area contributed by atoms with Gasteiger partial charge in [0.1, 0.15) is 6.04 Å². The van der Waals surface area contributed by atoms with Crippen LogP contribution in [0.3, 0.4) is 0 Å². The summed E-state index contributed by atoms with van der Waals surface area (Å²) in [5, 5.41) is 9.35. The standard InChI is InChI=1S/C14H19N3O3/c1-9-3-2-6-17(12(9)14(19)20)13(18)10-4-5-16-11(7-10)8-15/h4-5,7,9,12H,2-3,6,8,15H2,1H3,(H,19,20). The van der Waals surface area contributed by atoms with Gasteiger partial charge in [0.15, 0.2) is 0 Å². The van der Waals surface area contributed by atoms with Gasteiger partial charge >= 0.3 is 5.97 Å². The van der Waals surface area contributed by atoms with Crippen LogP contribution in [0.15, 0.2) is 18.3 Å². The van der Waals surface area contributed by atoms with Crippen LogP contribution in [0.2, 0.25) is 0 Å². The number of carboxylic acid groups (broad SMARTS) is 1. The normalized spacial score (nSPS) is 22.6. The molecule has 6 heteroatoms. The summed E-state index contributed by atoms with van der Waals surface area (Å²) in [7, 11) is 0. The average molecular weight is 277 g/mol. The number of carbonyl (C=O) groups excluding carboxylic acids is 1. The number of hydrogen-bond donors (Lipinski definition) is 2. The van der Waals surface area contributed by atoms with E-state index in [1.807, 2.05) is 6.92 Å². The van der Waals surface area contributed by atoms with Crippen LogP contribution in [0, 0.1) is 5.92 Å². The summed E-state index contributed by atoms with van der Waals surface area (Å²) in [5.74, 6) is -1.25. The van der Waals surface area contributed by atoms with E-state index in [1.54, 1.807) is 12.1 Å². The summed E-state index contributed by atoms with van der Waals surface area (Å²) in [6.45, 7) is 2.59. The molecule has 1 saturated heterocycles. The number of aromatic nitrogens is 1. The van der Waals surface area contributed by atoms with E-state index in [2.05, 4.69) is 4.98 Å². The van der Waals surface area contributed by atoms with Crippen molar-refractivity contribution in [1.82, 2.24) is 9.88 Å². The number of nitrogens with zero attached hydrogens (tertiary/aromatic N) is 2. The van der Waals surface area contributed by atoms with Crippen LogP contribution in [0.1, 0.15) is 35.8 Å². The van der Waals surface area contributed by atoms with E-state index < -0.39 is 12.0 Å². The summed E-state index contributed by atoms with van der Waals surface area (Å²) in [6, 6.07) is 2.46. The Morgan fingerprint density at radius 3 is 2.95 bits per heavy atom. The number of piperidine rings is 1. The predicted octanol–water partition coefficient (Wildman–Crippen LogP) is 0.866. The van der Waals surface area contributed by atoms with Crippen molar-refractivity contribution in [3.63, 3.8) is 0 Å². The minimum Gasteiger partial charge on any atom is -0.480 e. The molecule has 6 nitrogen and oxygen atoms in total. The van der Waals surface area contributed by atoms with Crippen LogP contribution in [0.4, 0.5) is 0 Å². The van der Waals surface area contributed by atoms with Crippen LogP contribution in [-0.4, -0.2) is 39.5 Å². The molecule has 1 aliphatic rings. The zero-order valence-electron chi connectivity index (χ0n) is 11.5. The van der Waals surface area contributed by atoms with Crippen LogP contribution < -0.4 is 5.73 Å². The van der Waals surface area contributed by atoms with Crippen LogP contribution >= 0.6 is 0 Å². The van der Waals surface area contributed by atoms with Gasteiger partial charge in [-0.25, -0.2) is 4.79 Å². The molecule has 2 unspecified atom stereocenters. The highest BCUT2D eigenvalue weighted by Gasteiger charge is 2.37. The van der Waals surface area contributed by atoms with Gasteiger partial charge in [0, 0.05) is 24.8 Å². The lowest BCUT2D eigenvalue weighted by atomic mass is 9.90. The fourth-order valence-electron chi connectivity index (χ4n) is 2.68. The molecule has 2 rings (SSSR count). The Balaban J connectivity index is 2.27. The SMILES string of the molecule is CC1CCCN(C(=O)c2ccnc(CN)c2)C1C(=O)O. The molecule has 1 aromatic heterocycles.